The van der Waals surface area contributed by atoms with Crippen LogP contribution in [0.25, 0.3) is 0 Å². The average molecular weight is 226 g/mol. The highest BCUT2D eigenvalue weighted by atomic mass is 16.1. The van der Waals surface area contributed by atoms with Crippen molar-refractivity contribution in [1.82, 2.24) is 14.8 Å². The fraction of sp³-hybridized carbons (Fsp3) is 0.167. The summed E-state index contributed by atoms with van der Waals surface area (Å²) in [6.45, 7) is 2.03. The van der Waals surface area contributed by atoms with Crippen LogP contribution >= 0.6 is 0 Å². The van der Waals surface area contributed by atoms with Crippen molar-refractivity contribution in [3.05, 3.63) is 47.5 Å². The SMILES string of the molecule is CC(=O)c1cccc(Cn2cnc(C#N)n2)c1. The van der Waals surface area contributed by atoms with Crippen molar-refractivity contribution in [2.45, 2.75) is 13.5 Å². The molecule has 0 aliphatic heterocycles. The third kappa shape index (κ3) is 2.55. The molecule has 0 aliphatic rings. The zero-order valence-electron chi connectivity index (χ0n) is 9.29. The number of Topliss-reactive ketones (excluding diaryl/α,β-unsaturated/α-hetero) is 1. The maximum atomic E-state index is 11.2. The number of carbonyl (C=O) groups is 1. The molecule has 5 heteroatoms. The van der Waals surface area contributed by atoms with Gasteiger partial charge in [0, 0.05) is 5.56 Å². The molecule has 5 nitrogen and oxygen atoms in total. The van der Waals surface area contributed by atoms with Crippen LogP contribution in [0.3, 0.4) is 0 Å². The monoisotopic (exact) mass is 226 g/mol. The van der Waals surface area contributed by atoms with Gasteiger partial charge in [0.25, 0.3) is 5.82 Å². The van der Waals surface area contributed by atoms with Crippen molar-refractivity contribution in [2.75, 3.05) is 0 Å². The highest BCUT2D eigenvalue weighted by molar-refractivity contribution is 5.94. The molecule has 0 N–H and O–H groups in total. The van der Waals surface area contributed by atoms with Gasteiger partial charge in [-0.1, -0.05) is 18.2 Å². The second-order valence-electron chi connectivity index (χ2n) is 3.63. The molecule has 1 heterocycles. The number of benzene rings is 1. The standard InChI is InChI=1S/C12H10N4O/c1-9(17)11-4-2-3-10(5-11)7-16-8-14-12(6-13)15-16/h2-5,8H,7H2,1H3. The Hall–Kier alpha value is -2.48. The van der Waals surface area contributed by atoms with Crippen molar-refractivity contribution in [3.8, 4) is 6.07 Å². The van der Waals surface area contributed by atoms with Gasteiger partial charge in [0.2, 0.25) is 0 Å². The number of rotatable bonds is 3. The van der Waals surface area contributed by atoms with Crippen molar-refractivity contribution in [3.63, 3.8) is 0 Å². The van der Waals surface area contributed by atoms with Crippen LogP contribution in [0, 0.1) is 11.3 Å². The van der Waals surface area contributed by atoms with E-state index in [2.05, 4.69) is 10.1 Å². The molecule has 2 rings (SSSR count). The smallest absolute Gasteiger partial charge is 0.252 e. The summed E-state index contributed by atoms with van der Waals surface area (Å²) in [7, 11) is 0. The van der Waals surface area contributed by atoms with Crippen LogP contribution in [-0.2, 0) is 6.54 Å². The molecule has 0 unspecified atom stereocenters. The minimum Gasteiger partial charge on any atom is -0.295 e. The van der Waals surface area contributed by atoms with E-state index in [4.69, 9.17) is 5.26 Å². The predicted molar refractivity (Wildman–Crippen MR) is 60.3 cm³/mol. The Morgan fingerprint density at radius 3 is 3.00 bits per heavy atom. The van der Waals surface area contributed by atoms with E-state index < -0.39 is 0 Å². The van der Waals surface area contributed by atoms with Gasteiger partial charge in [-0.2, -0.15) is 5.26 Å². The van der Waals surface area contributed by atoms with Gasteiger partial charge in [-0.3, -0.25) is 4.79 Å². The third-order valence-electron chi connectivity index (χ3n) is 2.31. The van der Waals surface area contributed by atoms with Crippen LogP contribution in [0.4, 0.5) is 0 Å². The summed E-state index contributed by atoms with van der Waals surface area (Å²) in [5.74, 6) is 0.177. The van der Waals surface area contributed by atoms with Gasteiger partial charge in [-0.25, -0.2) is 9.67 Å². The molecule has 0 saturated heterocycles. The van der Waals surface area contributed by atoms with Crippen LogP contribution < -0.4 is 0 Å². The van der Waals surface area contributed by atoms with Gasteiger partial charge >= 0.3 is 0 Å². The summed E-state index contributed by atoms with van der Waals surface area (Å²) in [4.78, 5) is 15.0. The Morgan fingerprint density at radius 1 is 1.53 bits per heavy atom. The first kappa shape index (κ1) is 11.0. The lowest BCUT2D eigenvalue weighted by atomic mass is 10.1. The Kier molecular flexibility index (Phi) is 2.97. The number of ketones is 1. The minimum atomic E-state index is 0.0307. The molecule has 0 saturated carbocycles. The number of nitrogens with zero attached hydrogens (tertiary/aromatic N) is 4. The average Bonchev–Trinajstić information content (AvgIpc) is 2.77. The van der Waals surface area contributed by atoms with Crippen molar-refractivity contribution < 1.29 is 4.79 Å². The first-order valence-electron chi connectivity index (χ1n) is 5.08. The van der Waals surface area contributed by atoms with E-state index in [9.17, 15) is 4.79 Å². The van der Waals surface area contributed by atoms with Crippen LogP contribution in [0.15, 0.2) is 30.6 Å². The molecule has 84 valence electrons. The second kappa shape index (κ2) is 4.58. The van der Waals surface area contributed by atoms with E-state index in [1.165, 1.54) is 13.3 Å². The number of hydrogen-bond acceptors (Lipinski definition) is 4. The Morgan fingerprint density at radius 2 is 2.35 bits per heavy atom. The van der Waals surface area contributed by atoms with Crippen molar-refractivity contribution in [1.29, 1.82) is 5.26 Å². The molecule has 0 amide bonds. The van der Waals surface area contributed by atoms with E-state index in [-0.39, 0.29) is 11.6 Å². The fourth-order valence-corrected chi connectivity index (χ4v) is 1.50. The molecule has 0 aliphatic carbocycles. The quantitative estimate of drug-likeness (QED) is 0.741. The molecule has 1 aromatic carbocycles. The zero-order chi connectivity index (χ0) is 12.3. The molecule has 0 radical (unpaired) electrons. The zero-order valence-corrected chi connectivity index (χ0v) is 9.29. The number of aromatic nitrogens is 3. The third-order valence-corrected chi connectivity index (χ3v) is 2.31. The van der Waals surface area contributed by atoms with Gasteiger partial charge in [0.15, 0.2) is 5.78 Å². The van der Waals surface area contributed by atoms with E-state index in [1.54, 1.807) is 10.7 Å². The van der Waals surface area contributed by atoms with Crippen LogP contribution in [0.5, 0.6) is 0 Å². The van der Waals surface area contributed by atoms with Crippen molar-refractivity contribution in [2.24, 2.45) is 0 Å². The minimum absolute atomic E-state index is 0.0307. The summed E-state index contributed by atoms with van der Waals surface area (Å²) in [5.41, 5.74) is 1.62. The molecule has 0 atom stereocenters. The number of nitriles is 1. The van der Waals surface area contributed by atoms with Crippen LogP contribution in [0.2, 0.25) is 0 Å². The Balaban J connectivity index is 2.21. The van der Waals surface area contributed by atoms with Gasteiger partial charge in [0.1, 0.15) is 12.4 Å². The van der Waals surface area contributed by atoms with E-state index >= 15 is 0 Å². The highest BCUT2D eigenvalue weighted by Gasteiger charge is 2.03. The van der Waals surface area contributed by atoms with Crippen LogP contribution in [-0.4, -0.2) is 20.5 Å². The molecule has 17 heavy (non-hydrogen) atoms. The maximum absolute atomic E-state index is 11.2. The molecule has 1 aromatic heterocycles. The first-order valence-corrected chi connectivity index (χ1v) is 5.08. The predicted octanol–water partition coefficient (Wildman–Crippen LogP) is 1.40. The van der Waals surface area contributed by atoms with E-state index in [0.717, 1.165) is 5.56 Å². The Labute approximate surface area is 98.3 Å². The van der Waals surface area contributed by atoms with Gasteiger partial charge in [0.05, 0.1) is 6.54 Å². The largest absolute Gasteiger partial charge is 0.295 e. The first-order chi connectivity index (χ1) is 8.19. The molecule has 0 fully saturated rings. The summed E-state index contributed by atoms with van der Waals surface area (Å²) in [5, 5.41) is 12.6. The van der Waals surface area contributed by atoms with Gasteiger partial charge in [-0.15, -0.1) is 5.10 Å². The summed E-state index contributed by atoms with van der Waals surface area (Å²) in [6.07, 6.45) is 1.50. The van der Waals surface area contributed by atoms with Crippen LogP contribution in [0.1, 0.15) is 28.7 Å². The Bertz CT molecular complexity index is 595. The summed E-state index contributed by atoms with van der Waals surface area (Å²) in [6, 6.07) is 9.18. The molecule has 0 bridgehead atoms. The van der Waals surface area contributed by atoms with E-state index in [0.29, 0.717) is 12.1 Å². The lowest BCUT2D eigenvalue weighted by molar-refractivity contribution is 0.101. The lowest BCUT2D eigenvalue weighted by Gasteiger charge is -2.02. The summed E-state index contributed by atoms with van der Waals surface area (Å²) < 4.78 is 1.57. The second-order valence-corrected chi connectivity index (χ2v) is 3.63. The normalized spacial score (nSPS) is 9.88. The molecular weight excluding hydrogens is 216 g/mol. The topological polar surface area (TPSA) is 71.6 Å². The summed E-state index contributed by atoms with van der Waals surface area (Å²) >= 11 is 0. The number of hydrogen-bond donors (Lipinski definition) is 0. The number of carbonyl (C=O) groups excluding carboxylic acids is 1. The molecule has 0 spiro atoms. The van der Waals surface area contributed by atoms with Crippen molar-refractivity contribution >= 4 is 5.78 Å². The fourth-order valence-electron chi connectivity index (χ4n) is 1.50. The van der Waals surface area contributed by atoms with E-state index in [1.807, 2.05) is 24.3 Å². The highest BCUT2D eigenvalue weighted by Crippen LogP contribution is 2.07. The maximum Gasteiger partial charge on any atom is 0.252 e. The molecule has 2 aromatic rings. The van der Waals surface area contributed by atoms with Gasteiger partial charge in [-0.05, 0) is 18.6 Å². The van der Waals surface area contributed by atoms with Gasteiger partial charge < -0.3 is 0 Å². The molecular formula is C12H10N4O. The lowest BCUT2D eigenvalue weighted by Crippen LogP contribution is -2.02.